The molecule has 0 radical (unpaired) electrons. The van der Waals surface area contributed by atoms with Gasteiger partial charge in [0.15, 0.2) is 0 Å². The molecule has 2 heterocycles. The Balaban J connectivity index is 1.90. The van der Waals surface area contributed by atoms with E-state index in [1.807, 2.05) is 24.7 Å². The van der Waals surface area contributed by atoms with Gasteiger partial charge in [-0.2, -0.15) is 0 Å². The molecule has 1 fully saturated rings. The first-order valence-corrected chi connectivity index (χ1v) is 6.50. The van der Waals surface area contributed by atoms with Gasteiger partial charge in [-0.05, 0) is 31.4 Å². The highest BCUT2D eigenvalue weighted by molar-refractivity contribution is 5.61. The number of hydrogen-bond donors (Lipinski definition) is 1. The highest BCUT2D eigenvalue weighted by atomic mass is 16.5. The lowest BCUT2D eigenvalue weighted by Gasteiger charge is -2.41. The second kappa shape index (κ2) is 4.66. The lowest BCUT2D eigenvalue weighted by atomic mass is 9.80. The van der Waals surface area contributed by atoms with Crippen molar-refractivity contribution in [3.05, 3.63) is 30.9 Å². The highest BCUT2D eigenvalue weighted by Crippen LogP contribution is 2.37. The molecule has 19 heavy (non-hydrogen) atoms. The van der Waals surface area contributed by atoms with Gasteiger partial charge in [-0.25, -0.2) is 9.97 Å². The fourth-order valence-electron chi connectivity index (χ4n) is 2.60. The predicted molar refractivity (Wildman–Crippen MR) is 73.5 cm³/mol. The number of anilines is 1. The summed E-state index contributed by atoms with van der Waals surface area (Å²) < 4.78 is 7.81. The Morgan fingerprint density at radius 1 is 1.47 bits per heavy atom. The molecule has 0 aromatic carbocycles. The molecule has 1 aliphatic rings. The van der Waals surface area contributed by atoms with E-state index in [0.29, 0.717) is 5.82 Å². The van der Waals surface area contributed by atoms with Crippen molar-refractivity contribution >= 4 is 5.82 Å². The van der Waals surface area contributed by atoms with Gasteiger partial charge in [0.2, 0.25) is 0 Å². The summed E-state index contributed by atoms with van der Waals surface area (Å²) in [5.74, 6) is 0.523. The van der Waals surface area contributed by atoms with Gasteiger partial charge in [-0.3, -0.25) is 0 Å². The molecule has 0 spiro atoms. The van der Waals surface area contributed by atoms with Crippen LogP contribution in [0.3, 0.4) is 0 Å². The summed E-state index contributed by atoms with van der Waals surface area (Å²) in [6.45, 7) is 0.834. The van der Waals surface area contributed by atoms with Crippen LogP contribution >= 0.6 is 0 Å². The molecule has 1 aliphatic carbocycles. The van der Waals surface area contributed by atoms with Crippen LogP contribution in [0.4, 0.5) is 5.82 Å². The van der Waals surface area contributed by atoms with Gasteiger partial charge < -0.3 is 15.0 Å². The first-order valence-electron chi connectivity index (χ1n) is 6.50. The molecular formula is C14H18N4O. The quantitative estimate of drug-likeness (QED) is 0.912. The third-order valence-electron chi connectivity index (χ3n) is 3.95. The standard InChI is InChI=1S/C14H18N4O/c1-19-14(4-2-5-14)9-18-10-16-8-12(18)11-3-6-17-13(15)7-11/h3,6-8,10H,2,4-5,9H2,1H3,(H2,15,17). The van der Waals surface area contributed by atoms with E-state index < -0.39 is 0 Å². The number of rotatable bonds is 4. The summed E-state index contributed by atoms with van der Waals surface area (Å²) in [5, 5.41) is 0. The van der Waals surface area contributed by atoms with E-state index in [1.165, 1.54) is 6.42 Å². The van der Waals surface area contributed by atoms with Crippen LogP contribution < -0.4 is 5.73 Å². The second-order valence-electron chi connectivity index (χ2n) is 5.12. The van der Waals surface area contributed by atoms with Gasteiger partial charge in [0.1, 0.15) is 5.82 Å². The smallest absolute Gasteiger partial charge is 0.123 e. The maximum Gasteiger partial charge on any atom is 0.123 e. The lowest BCUT2D eigenvalue weighted by molar-refractivity contribution is -0.0832. The minimum atomic E-state index is -0.0198. The molecule has 1 saturated carbocycles. The molecule has 2 aromatic rings. The fourth-order valence-corrected chi connectivity index (χ4v) is 2.60. The number of methoxy groups -OCH3 is 1. The number of ether oxygens (including phenoxy) is 1. The summed E-state index contributed by atoms with van der Waals surface area (Å²) >= 11 is 0. The minimum Gasteiger partial charge on any atom is -0.384 e. The van der Waals surface area contributed by atoms with Crippen LogP contribution in [0.1, 0.15) is 19.3 Å². The zero-order valence-electron chi connectivity index (χ0n) is 11.0. The van der Waals surface area contributed by atoms with Gasteiger partial charge in [-0.1, -0.05) is 0 Å². The van der Waals surface area contributed by atoms with Crippen molar-refractivity contribution in [2.45, 2.75) is 31.4 Å². The summed E-state index contributed by atoms with van der Waals surface area (Å²) in [6, 6.07) is 3.82. The van der Waals surface area contributed by atoms with Crippen molar-refractivity contribution in [2.24, 2.45) is 0 Å². The highest BCUT2D eigenvalue weighted by Gasteiger charge is 2.37. The van der Waals surface area contributed by atoms with E-state index in [0.717, 1.165) is 30.6 Å². The van der Waals surface area contributed by atoms with Crippen LogP contribution in [0.15, 0.2) is 30.9 Å². The molecule has 0 amide bonds. The van der Waals surface area contributed by atoms with Gasteiger partial charge in [0.05, 0.1) is 30.4 Å². The number of nitrogen functional groups attached to an aromatic ring is 1. The molecule has 2 N–H and O–H groups in total. The Morgan fingerprint density at radius 3 is 2.95 bits per heavy atom. The van der Waals surface area contributed by atoms with E-state index in [9.17, 15) is 0 Å². The molecule has 2 aromatic heterocycles. The molecule has 3 rings (SSSR count). The Hall–Kier alpha value is -1.88. The van der Waals surface area contributed by atoms with Crippen molar-refractivity contribution in [3.63, 3.8) is 0 Å². The van der Waals surface area contributed by atoms with Crippen LogP contribution in [-0.2, 0) is 11.3 Å². The van der Waals surface area contributed by atoms with Crippen LogP contribution in [0, 0.1) is 0 Å². The van der Waals surface area contributed by atoms with Crippen molar-refractivity contribution in [3.8, 4) is 11.3 Å². The molecule has 5 heteroatoms. The average molecular weight is 258 g/mol. The molecule has 0 unspecified atom stereocenters. The number of pyridine rings is 1. The molecule has 0 bridgehead atoms. The third-order valence-corrected chi connectivity index (χ3v) is 3.95. The Kier molecular flexibility index (Phi) is 2.98. The van der Waals surface area contributed by atoms with Crippen LogP contribution in [0.5, 0.6) is 0 Å². The summed E-state index contributed by atoms with van der Waals surface area (Å²) in [7, 11) is 1.79. The SMILES string of the molecule is COC1(Cn2cncc2-c2ccnc(N)c2)CCC1. The van der Waals surface area contributed by atoms with Crippen LogP contribution in [0.25, 0.3) is 11.3 Å². The maximum absolute atomic E-state index is 5.74. The largest absolute Gasteiger partial charge is 0.384 e. The first-order chi connectivity index (χ1) is 9.22. The summed E-state index contributed by atoms with van der Waals surface area (Å²) in [6.07, 6.45) is 8.89. The lowest BCUT2D eigenvalue weighted by Crippen LogP contribution is -2.43. The number of hydrogen-bond acceptors (Lipinski definition) is 4. The number of imidazole rings is 1. The first kappa shape index (κ1) is 12.2. The van der Waals surface area contributed by atoms with Crippen molar-refractivity contribution in [1.82, 2.24) is 14.5 Å². The molecule has 100 valence electrons. The van der Waals surface area contributed by atoms with Gasteiger partial charge >= 0.3 is 0 Å². The predicted octanol–water partition coefficient (Wildman–Crippen LogP) is 2.10. The molecule has 5 nitrogen and oxygen atoms in total. The molecule has 0 saturated heterocycles. The van der Waals surface area contributed by atoms with E-state index in [2.05, 4.69) is 14.5 Å². The maximum atomic E-state index is 5.74. The summed E-state index contributed by atoms with van der Waals surface area (Å²) in [5.41, 5.74) is 7.81. The monoisotopic (exact) mass is 258 g/mol. The van der Waals surface area contributed by atoms with E-state index in [1.54, 1.807) is 13.3 Å². The minimum absolute atomic E-state index is 0.0198. The topological polar surface area (TPSA) is 66.0 Å². The number of nitrogens with two attached hydrogens (primary N) is 1. The normalized spacial score (nSPS) is 17.1. The van der Waals surface area contributed by atoms with Gasteiger partial charge in [0, 0.05) is 18.9 Å². The Bertz CT molecular complexity index is 569. The van der Waals surface area contributed by atoms with E-state index in [4.69, 9.17) is 10.5 Å². The number of nitrogens with zero attached hydrogens (tertiary/aromatic N) is 3. The van der Waals surface area contributed by atoms with E-state index >= 15 is 0 Å². The van der Waals surface area contributed by atoms with Gasteiger partial charge in [-0.15, -0.1) is 0 Å². The van der Waals surface area contributed by atoms with Crippen molar-refractivity contribution in [1.29, 1.82) is 0 Å². The Morgan fingerprint density at radius 2 is 2.32 bits per heavy atom. The van der Waals surface area contributed by atoms with Crippen LogP contribution in [0.2, 0.25) is 0 Å². The Labute approximate surface area is 112 Å². The van der Waals surface area contributed by atoms with Crippen LogP contribution in [-0.4, -0.2) is 27.2 Å². The molecule has 0 atom stereocenters. The van der Waals surface area contributed by atoms with Crippen molar-refractivity contribution < 1.29 is 4.74 Å². The summed E-state index contributed by atoms with van der Waals surface area (Å²) in [4.78, 5) is 8.27. The van der Waals surface area contributed by atoms with Gasteiger partial charge in [0.25, 0.3) is 0 Å². The third kappa shape index (κ3) is 2.21. The zero-order valence-corrected chi connectivity index (χ0v) is 11.0. The van der Waals surface area contributed by atoms with Crippen molar-refractivity contribution in [2.75, 3.05) is 12.8 Å². The molecule has 0 aliphatic heterocycles. The zero-order chi connectivity index (χ0) is 13.3. The molecular weight excluding hydrogens is 240 g/mol. The average Bonchev–Trinajstić information content (AvgIpc) is 2.82. The fraction of sp³-hybridized carbons (Fsp3) is 0.429. The van der Waals surface area contributed by atoms with E-state index in [-0.39, 0.29) is 5.60 Å². The second-order valence-corrected chi connectivity index (χ2v) is 5.12. The number of aromatic nitrogens is 3.